The molecule has 0 aliphatic carbocycles. The molecule has 0 saturated carbocycles. The molecule has 0 radical (unpaired) electrons. The van der Waals surface area contributed by atoms with Crippen LogP contribution in [0.15, 0.2) is 58.3 Å². The molecule has 2 rings (SSSR count). The van der Waals surface area contributed by atoms with E-state index in [0.29, 0.717) is 6.42 Å². The van der Waals surface area contributed by atoms with Crippen molar-refractivity contribution >= 4 is 33.8 Å². The van der Waals surface area contributed by atoms with E-state index in [2.05, 4.69) is 38.1 Å². The second-order valence-corrected chi connectivity index (χ2v) is 14.7. The van der Waals surface area contributed by atoms with E-state index in [-0.39, 0.29) is 11.3 Å². The first-order valence-electron chi connectivity index (χ1n) is 16.4. The lowest BCUT2D eigenvalue weighted by molar-refractivity contribution is 0.234. The summed E-state index contributed by atoms with van der Waals surface area (Å²) in [5.74, 6) is 1.18. The number of benzene rings is 2. The van der Waals surface area contributed by atoms with Gasteiger partial charge in [0.2, 0.25) is 9.84 Å². The molecule has 1 atom stereocenters. The lowest BCUT2D eigenvalue weighted by Crippen LogP contribution is -2.20. The van der Waals surface area contributed by atoms with Crippen molar-refractivity contribution in [1.29, 1.82) is 0 Å². The molecule has 0 spiro atoms. The zero-order chi connectivity index (χ0) is 29.6. The van der Waals surface area contributed by atoms with Gasteiger partial charge in [-0.05, 0) is 60.4 Å². The molecular formula is C36H56O3S2. The molecule has 3 nitrogen and oxygen atoms in total. The van der Waals surface area contributed by atoms with Gasteiger partial charge >= 0.3 is 0 Å². The molecule has 0 aliphatic heterocycles. The second kappa shape index (κ2) is 22.0. The predicted octanol–water partition coefficient (Wildman–Crippen LogP) is 11.1. The van der Waals surface area contributed by atoms with Crippen LogP contribution < -0.4 is 0 Å². The fourth-order valence-electron chi connectivity index (χ4n) is 5.00. The number of thioether (sulfide) groups is 1. The summed E-state index contributed by atoms with van der Waals surface area (Å²) in [6, 6.07) is 15.4. The van der Waals surface area contributed by atoms with Gasteiger partial charge < -0.3 is 5.11 Å². The summed E-state index contributed by atoms with van der Waals surface area (Å²) in [5, 5.41) is 10.2. The van der Waals surface area contributed by atoms with Crippen molar-refractivity contribution in [1.82, 2.24) is 0 Å². The average Bonchev–Trinajstić information content (AvgIpc) is 2.99. The van der Waals surface area contributed by atoms with Gasteiger partial charge in [-0.2, -0.15) is 0 Å². The predicted molar refractivity (Wildman–Crippen MR) is 180 cm³/mol. The first kappa shape index (κ1) is 35.6. The van der Waals surface area contributed by atoms with Crippen molar-refractivity contribution in [2.75, 3.05) is 5.75 Å². The number of aliphatic hydroxyl groups is 1. The molecule has 0 saturated heterocycles. The van der Waals surface area contributed by atoms with E-state index >= 15 is 0 Å². The van der Waals surface area contributed by atoms with Crippen LogP contribution in [0.3, 0.4) is 0 Å². The molecule has 0 heterocycles. The third-order valence-electron chi connectivity index (χ3n) is 7.74. The van der Waals surface area contributed by atoms with Gasteiger partial charge in [-0.3, -0.25) is 0 Å². The van der Waals surface area contributed by atoms with Crippen LogP contribution in [0.4, 0.5) is 0 Å². The van der Waals surface area contributed by atoms with E-state index in [1.807, 2.05) is 23.9 Å². The Labute approximate surface area is 256 Å². The van der Waals surface area contributed by atoms with Crippen molar-refractivity contribution in [3.8, 4) is 0 Å². The zero-order valence-electron chi connectivity index (χ0n) is 25.9. The van der Waals surface area contributed by atoms with Gasteiger partial charge in [-0.15, -0.1) is 11.8 Å². The molecule has 230 valence electrons. The average molecular weight is 601 g/mol. The molecule has 0 aliphatic rings. The lowest BCUT2D eigenvalue weighted by Gasteiger charge is -2.12. The molecule has 2 aromatic carbocycles. The van der Waals surface area contributed by atoms with E-state index in [9.17, 15) is 13.5 Å². The fourth-order valence-corrected chi connectivity index (χ4v) is 7.22. The number of unbranched alkanes of at least 4 members (excludes halogenated alkanes) is 15. The van der Waals surface area contributed by atoms with E-state index < -0.39 is 15.3 Å². The number of hydrogen-bond acceptors (Lipinski definition) is 4. The third-order valence-corrected chi connectivity index (χ3v) is 10.7. The maximum atomic E-state index is 12.6. The standard InChI is InChI=1S/C36H56O3S2/c1-3-5-7-8-9-10-11-12-13-14-15-16-17-19-31-40-34-27-23-32(24-28-34)21-22-33-25-29-35(30-26-33)41(38,39)36(37)20-18-6-4-2/h21-30,36-37H,3-20,31H2,1-2H3. The lowest BCUT2D eigenvalue weighted by atomic mass is 10.0. The summed E-state index contributed by atoms with van der Waals surface area (Å²) in [6.45, 7) is 4.34. The first-order chi connectivity index (χ1) is 20.0. The molecule has 2 aromatic rings. The summed E-state index contributed by atoms with van der Waals surface area (Å²) in [7, 11) is -3.70. The maximum Gasteiger partial charge on any atom is 0.204 e. The molecule has 0 aromatic heterocycles. The summed E-state index contributed by atoms with van der Waals surface area (Å²) in [6.07, 6.45) is 26.5. The van der Waals surface area contributed by atoms with E-state index in [4.69, 9.17) is 0 Å². The first-order valence-corrected chi connectivity index (χ1v) is 18.9. The van der Waals surface area contributed by atoms with Crippen LogP contribution in [0.25, 0.3) is 12.2 Å². The SMILES string of the molecule is CCCCCCCCCCCCCCCCSc1ccc(C=Cc2ccc(S(=O)(=O)C(O)CCCCC)cc2)cc1. The summed E-state index contributed by atoms with van der Waals surface area (Å²) < 4.78 is 25.2. The minimum Gasteiger partial charge on any atom is -0.377 e. The zero-order valence-corrected chi connectivity index (χ0v) is 27.5. The van der Waals surface area contributed by atoms with Gasteiger partial charge in [-0.25, -0.2) is 8.42 Å². The van der Waals surface area contributed by atoms with Gasteiger partial charge in [0, 0.05) is 4.90 Å². The van der Waals surface area contributed by atoms with Gasteiger partial charge in [0.1, 0.15) is 0 Å². The molecule has 0 amide bonds. The second-order valence-electron chi connectivity index (χ2n) is 11.4. The highest BCUT2D eigenvalue weighted by atomic mass is 32.2. The van der Waals surface area contributed by atoms with Crippen LogP contribution >= 0.6 is 11.8 Å². The van der Waals surface area contributed by atoms with E-state index in [1.54, 1.807) is 24.3 Å². The normalized spacial score (nSPS) is 12.8. The largest absolute Gasteiger partial charge is 0.377 e. The Morgan fingerprint density at radius 1 is 0.610 bits per heavy atom. The van der Waals surface area contributed by atoms with Crippen molar-refractivity contribution in [2.24, 2.45) is 0 Å². The topological polar surface area (TPSA) is 54.4 Å². The number of hydrogen-bond donors (Lipinski definition) is 1. The van der Waals surface area contributed by atoms with E-state index in [1.165, 1.54) is 101 Å². The number of sulfone groups is 1. The van der Waals surface area contributed by atoms with Crippen LogP contribution in [0.2, 0.25) is 0 Å². The van der Waals surface area contributed by atoms with Gasteiger partial charge in [0.15, 0.2) is 5.44 Å². The van der Waals surface area contributed by atoms with Crippen molar-refractivity contribution in [3.63, 3.8) is 0 Å². The summed E-state index contributed by atoms with van der Waals surface area (Å²) in [5.41, 5.74) is 0.718. The minimum absolute atomic E-state index is 0.179. The minimum atomic E-state index is -3.70. The highest BCUT2D eigenvalue weighted by Crippen LogP contribution is 2.23. The van der Waals surface area contributed by atoms with Crippen LogP contribution in [0.5, 0.6) is 0 Å². The highest BCUT2D eigenvalue weighted by Gasteiger charge is 2.24. The quantitative estimate of drug-likeness (QED) is 0.0740. The smallest absolute Gasteiger partial charge is 0.204 e. The Balaban J connectivity index is 1.58. The van der Waals surface area contributed by atoms with Crippen LogP contribution in [-0.4, -0.2) is 24.7 Å². The van der Waals surface area contributed by atoms with Gasteiger partial charge in [0.25, 0.3) is 0 Å². The Morgan fingerprint density at radius 2 is 1.02 bits per heavy atom. The monoisotopic (exact) mass is 600 g/mol. The Hall–Kier alpha value is -1.56. The Bertz CT molecular complexity index is 1040. The summed E-state index contributed by atoms with van der Waals surface area (Å²) in [4.78, 5) is 1.49. The van der Waals surface area contributed by atoms with Crippen LogP contribution in [0.1, 0.15) is 141 Å². The molecule has 41 heavy (non-hydrogen) atoms. The van der Waals surface area contributed by atoms with Crippen molar-refractivity contribution < 1.29 is 13.5 Å². The number of aliphatic hydroxyl groups excluding tert-OH is 1. The highest BCUT2D eigenvalue weighted by molar-refractivity contribution is 7.99. The Kier molecular flexibility index (Phi) is 19.2. The Morgan fingerprint density at radius 3 is 1.51 bits per heavy atom. The van der Waals surface area contributed by atoms with Crippen molar-refractivity contribution in [2.45, 2.75) is 145 Å². The molecule has 0 fully saturated rings. The fraction of sp³-hybridized carbons (Fsp3) is 0.611. The molecule has 1 unspecified atom stereocenters. The van der Waals surface area contributed by atoms with Crippen molar-refractivity contribution in [3.05, 3.63) is 59.7 Å². The molecule has 0 bridgehead atoms. The maximum absolute atomic E-state index is 12.6. The van der Waals surface area contributed by atoms with Gasteiger partial charge in [0.05, 0.1) is 4.90 Å². The molecule has 1 N–H and O–H groups in total. The summed E-state index contributed by atoms with van der Waals surface area (Å²) >= 11 is 1.94. The van der Waals surface area contributed by atoms with E-state index in [0.717, 1.165) is 24.0 Å². The number of rotatable bonds is 24. The van der Waals surface area contributed by atoms with Crippen LogP contribution in [0, 0.1) is 0 Å². The third kappa shape index (κ3) is 15.5. The van der Waals surface area contributed by atoms with Crippen LogP contribution in [-0.2, 0) is 9.84 Å². The molecule has 5 heteroatoms. The van der Waals surface area contributed by atoms with Gasteiger partial charge in [-0.1, -0.05) is 147 Å². The molecular weight excluding hydrogens is 545 g/mol.